The van der Waals surface area contributed by atoms with E-state index in [-0.39, 0.29) is 5.57 Å². The van der Waals surface area contributed by atoms with Crippen molar-refractivity contribution in [1.82, 2.24) is 0 Å². The lowest BCUT2D eigenvalue weighted by Gasteiger charge is -2.19. The number of aryl methyl sites for hydroxylation is 1. The predicted octanol–water partition coefficient (Wildman–Crippen LogP) is 3.74. The van der Waals surface area contributed by atoms with Gasteiger partial charge in [0, 0.05) is 18.4 Å². The van der Waals surface area contributed by atoms with Gasteiger partial charge in [-0.15, -0.1) is 0 Å². The number of carbonyl (C=O) groups is 1. The van der Waals surface area contributed by atoms with E-state index in [0.29, 0.717) is 17.8 Å². The highest BCUT2D eigenvalue weighted by Gasteiger charge is 2.13. The van der Waals surface area contributed by atoms with E-state index >= 15 is 0 Å². The third kappa shape index (κ3) is 4.46. The summed E-state index contributed by atoms with van der Waals surface area (Å²) in [5.74, 6) is -0.545. The molecular weight excluding hydrogens is 312 g/mol. The van der Waals surface area contributed by atoms with Gasteiger partial charge in [-0.3, -0.25) is 4.79 Å². The average molecular weight is 330 g/mol. The molecule has 124 valence electrons. The van der Waals surface area contributed by atoms with Crippen molar-refractivity contribution in [2.45, 2.75) is 13.8 Å². The van der Waals surface area contributed by atoms with Gasteiger partial charge < -0.3 is 10.2 Å². The van der Waals surface area contributed by atoms with Crippen molar-refractivity contribution in [3.05, 3.63) is 71.4 Å². The molecule has 5 nitrogen and oxygen atoms in total. The number of anilines is 2. The molecule has 0 bridgehead atoms. The van der Waals surface area contributed by atoms with E-state index < -0.39 is 5.91 Å². The topological polar surface area (TPSA) is 79.9 Å². The van der Waals surface area contributed by atoms with Crippen LogP contribution in [0.1, 0.15) is 18.1 Å². The van der Waals surface area contributed by atoms with Crippen molar-refractivity contribution in [2.24, 2.45) is 0 Å². The summed E-state index contributed by atoms with van der Waals surface area (Å²) < 4.78 is 0. The Labute approximate surface area is 147 Å². The van der Waals surface area contributed by atoms with Crippen LogP contribution >= 0.6 is 0 Å². The third-order valence-electron chi connectivity index (χ3n) is 3.62. The van der Waals surface area contributed by atoms with Crippen molar-refractivity contribution in [2.75, 3.05) is 16.8 Å². The Bertz CT molecular complexity index is 887. The molecule has 0 heterocycles. The lowest BCUT2D eigenvalue weighted by atomic mass is 10.1. The number of nitriles is 2. The van der Waals surface area contributed by atoms with E-state index in [0.717, 1.165) is 11.3 Å². The van der Waals surface area contributed by atoms with Crippen LogP contribution in [0, 0.1) is 29.6 Å². The number of rotatable bonds is 5. The van der Waals surface area contributed by atoms with Crippen LogP contribution < -0.4 is 10.2 Å². The fourth-order valence-electron chi connectivity index (χ4n) is 2.33. The fraction of sp³-hybridized carbons (Fsp3) is 0.150. The molecule has 0 saturated heterocycles. The van der Waals surface area contributed by atoms with Crippen LogP contribution in [0.4, 0.5) is 11.4 Å². The maximum atomic E-state index is 12.4. The first-order chi connectivity index (χ1) is 12.1. The zero-order chi connectivity index (χ0) is 18.2. The number of hydrogen-bond donors (Lipinski definition) is 1. The van der Waals surface area contributed by atoms with Crippen molar-refractivity contribution in [3.63, 3.8) is 0 Å². The Kier molecular flexibility index (Phi) is 5.92. The Balaban J connectivity index is 2.28. The first-order valence-electron chi connectivity index (χ1n) is 7.84. The minimum atomic E-state index is -0.545. The van der Waals surface area contributed by atoms with Crippen molar-refractivity contribution < 1.29 is 4.79 Å². The van der Waals surface area contributed by atoms with Crippen molar-refractivity contribution in [3.8, 4) is 12.1 Å². The van der Waals surface area contributed by atoms with E-state index in [1.165, 1.54) is 6.20 Å². The number of nitrogens with one attached hydrogen (secondary N) is 1. The van der Waals surface area contributed by atoms with Gasteiger partial charge in [-0.25, -0.2) is 0 Å². The van der Waals surface area contributed by atoms with E-state index in [9.17, 15) is 10.1 Å². The maximum Gasteiger partial charge on any atom is 0.267 e. The molecule has 0 saturated carbocycles. The van der Waals surface area contributed by atoms with Gasteiger partial charge in [0.05, 0.1) is 11.3 Å². The molecule has 0 unspecified atom stereocenters. The molecule has 0 aromatic heterocycles. The quantitative estimate of drug-likeness (QED) is 0.669. The van der Waals surface area contributed by atoms with E-state index in [4.69, 9.17) is 5.26 Å². The summed E-state index contributed by atoms with van der Waals surface area (Å²) in [5.41, 5.74) is 2.70. The summed E-state index contributed by atoms with van der Waals surface area (Å²) in [5, 5.41) is 21.1. The SMILES string of the molecule is CCN(/C=C(/C#N)C(=O)Nc1ccccc1C#N)c1cccc(C)c1. The molecule has 5 heteroatoms. The standard InChI is InChI=1S/C20H18N4O/c1-3-24(18-9-6-7-15(2)11-18)14-17(13-22)20(25)23-19-10-5-4-8-16(19)12-21/h4-11,14H,3H2,1-2H3,(H,23,25)/b17-14-. The van der Waals surface area contributed by atoms with Gasteiger partial charge >= 0.3 is 0 Å². The fourth-order valence-corrected chi connectivity index (χ4v) is 2.33. The van der Waals surface area contributed by atoms with Crippen LogP contribution in [-0.4, -0.2) is 12.5 Å². The zero-order valence-corrected chi connectivity index (χ0v) is 14.2. The Hall–Kier alpha value is -3.57. The summed E-state index contributed by atoms with van der Waals surface area (Å²) >= 11 is 0. The molecule has 2 aromatic carbocycles. The summed E-state index contributed by atoms with van der Waals surface area (Å²) in [7, 11) is 0. The van der Waals surface area contributed by atoms with Crippen LogP contribution in [0.25, 0.3) is 0 Å². The molecule has 0 aliphatic heterocycles. The largest absolute Gasteiger partial charge is 0.347 e. The van der Waals surface area contributed by atoms with Crippen molar-refractivity contribution in [1.29, 1.82) is 10.5 Å². The highest BCUT2D eigenvalue weighted by Crippen LogP contribution is 2.18. The number of amides is 1. The lowest BCUT2D eigenvalue weighted by molar-refractivity contribution is -0.112. The molecule has 0 spiro atoms. The maximum absolute atomic E-state index is 12.4. The molecule has 1 amide bonds. The second-order valence-electron chi connectivity index (χ2n) is 5.39. The van der Waals surface area contributed by atoms with E-state index in [1.54, 1.807) is 24.3 Å². The molecule has 2 rings (SSSR count). The van der Waals surface area contributed by atoms with E-state index in [2.05, 4.69) is 5.32 Å². The lowest BCUT2D eigenvalue weighted by Crippen LogP contribution is -2.21. The molecular formula is C20H18N4O. The highest BCUT2D eigenvalue weighted by atomic mass is 16.1. The molecule has 1 N–H and O–H groups in total. The summed E-state index contributed by atoms with van der Waals surface area (Å²) in [6, 6.07) is 18.4. The first-order valence-corrected chi connectivity index (χ1v) is 7.84. The number of nitrogens with zero attached hydrogens (tertiary/aromatic N) is 3. The molecule has 0 fully saturated rings. The molecule has 0 aliphatic rings. The Morgan fingerprint density at radius 2 is 1.96 bits per heavy atom. The van der Waals surface area contributed by atoms with Gasteiger partial charge in [-0.1, -0.05) is 24.3 Å². The molecule has 2 aromatic rings. The monoisotopic (exact) mass is 330 g/mol. The number of para-hydroxylation sites is 1. The van der Waals surface area contributed by atoms with Crippen LogP contribution in [0.15, 0.2) is 60.3 Å². The minimum Gasteiger partial charge on any atom is -0.347 e. The third-order valence-corrected chi connectivity index (χ3v) is 3.62. The smallest absolute Gasteiger partial charge is 0.267 e. The molecule has 25 heavy (non-hydrogen) atoms. The second kappa shape index (κ2) is 8.33. The summed E-state index contributed by atoms with van der Waals surface area (Å²) in [4.78, 5) is 14.3. The van der Waals surface area contributed by atoms with Gasteiger partial charge in [0.1, 0.15) is 17.7 Å². The second-order valence-corrected chi connectivity index (χ2v) is 5.39. The highest BCUT2D eigenvalue weighted by molar-refractivity contribution is 6.07. The van der Waals surface area contributed by atoms with Gasteiger partial charge in [-0.2, -0.15) is 10.5 Å². The predicted molar refractivity (Wildman–Crippen MR) is 97.7 cm³/mol. The molecule has 0 aliphatic carbocycles. The Morgan fingerprint density at radius 3 is 2.60 bits per heavy atom. The number of carbonyl (C=O) groups excluding carboxylic acids is 1. The number of benzene rings is 2. The van der Waals surface area contributed by atoms with Crippen LogP contribution in [0.5, 0.6) is 0 Å². The van der Waals surface area contributed by atoms with Crippen LogP contribution in [0.3, 0.4) is 0 Å². The Morgan fingerprint density at radius 1 is 1.20 bits per heavy atom. The first kappa shape index (κ1) is 17.8. The van der Waals surface area contributed by atoms with E-state index in [1.807, 2.05) is 55.2 Å². The van der Waals surface area contributed by atoms with Gasteiger partial charge in [0.2, 0.25) is 0 Å². The minimum absolute atomic E-state index is 0.0314. The zero-order valence-electron chi connectivity index (χ0n) is 14.2. The van der Waals surface area contributed by atoms with Crippen LogP contribution in [0.2, 0.25) is 0 Å². The summed E-state index contributed by atoms with van der Waals surface area (Å²) in [6.45, 7) is 4.53. The summed E-state index contributed by atoms with van der Waals surface area (Å²) in [6.07, 6.45) is 1.53. The number of hydrogen-bond acceptors (Lipinski definition) is 4. The van der Waals surface area contributed by atoms with Gasteiger partial charge in [0.25, 0.3) is 5.91 Å². The molecule has 0 radical (unpaired) electrons. The van der Waals surface area contributed by atoms with Gasteiger partial charge in [-0.05, 0) is 43.7 Å². The average Bonchev–Trinajstić information content (AvgIpc) is 2.63. The normalized spacial score (nSPS) is 10.5. The van der Waals surface area contributed by atoms with Crippen molar-refractivity contribution >= 4 is 17.3 Å². The van der Waals surface area contributed by atoms with Crippen LogP contribution in [-0.2, 0) is 4.79 Å². The molecule has 0 atom stereocenters. The van der Waals surface area contributed by atoms with Gasteiger partial charge in [0.15, 0.2) is 0 Å².